The van der Waals surface area contributed by atoms with E-state index in [4.69, 9.17) is 0 Å². The first-order chi connectivity index (χ1) is 11.4. The van der Waals surface area contributed by atoms with Crippen molar-refractivity contribution in [1.29, 1.82) is 0 Å². The highest BCUT2D eigenvalue weighted by Crippen LogP contribution is 2.28. The van der Waals surface area contributed by atoms with E-state index in [0.29, 0.717) is 10.1 Å². The van der Waals surface area contributed by atoms with Gasteiger partial charge in [0, 0.05) is 23.9 Å². The molecule has 2 amide bonds. The highest BCUT2D eigenvalue weighted by Gasteiger charge is 2.28. The van der Waals surface area contributed by atoms with Gasteiger partial charge in [0.25, 0.3) is 5.69 Å². The number of nitrogens with one attached hydrogen (secondary N) is 2. The third-order valence-corrected chi connectivity index (χ3v) is 3.61. The average Bonchev–Trinajstić information content (AvgIpc) is 2.88. The topological polar surface area (TPSA) is 156 Å². The fourth-order valence-corrected chi connectivity index (χ4v) is 2.47. The number of amides is 2. The molecule has 1 atom stereocenters. The molecule has 1 aliphatic heterocycles. The molecule has 2 aromatic rings. The van der Waals surface area contributed by atoms with Gasteiger partial charge in [-0.05, 0) is 12.5 Å². The van der Waals surface area contributed by atoms with Crippen molar-refractivity contribution in [3.05, 3.63) is 28.3 Å². The first-order valence-electron chi connectivity index (χ1n) is 6.87. The highest BCUT2D eigenvalue weighted by atomic mass is 16.6. The minimum absolute atomic E-state index is 0.0199. The lowest BCUT2D eigenvalue weighted by atomic mass is 10.1. The maximum absolute atomic E-state index is 11.8. The van der Waals surface area contributed by atoms with E-state index in [1.54, 1.807) is 0 Å². The molecule has 2 heterocycles. The van der Waals surface area contributed by atoms with Crippen LogP contribution in [-0.4, -0.2) is 43.8 Å². The molecule has 1 fully saturated rings. The van der Waals surface area contributed by atoms with Crippen molar-refractivity contribution < 1.29 is 24.4 Å². The summed E-state index contributed by atoms with van der Waals surface area (Å²) in [5, 5.41) is 29.2. The van der Waals surface area contributed by atoms with E-state index in [9.17, 15) is 29.6 Å². The summed E-state index contributed by atoms with van der Waals surface area (Å²) in [6.45, 7) is 0. The number of carbonyl (C=O) groups is 3. The fraction of sp³-hybridized carbons (Fsp3) is 0.231. The Morgan fingerprint density at radius 2 is 2.21 bits per heavy atom. The van der Waals surface area contributed by atoms with Crippen molar-refractivity contribution in [3.63, 3.8) is 0 Å². The normalized spacial score (nSPS) is 17.6. The molecule has 1 aromatic carbocycles. The van der Waals surface area contributed by atoms with Gasteiger partial charge in [0.15, 0.2) is 5.82 Å². The molecule has 3 N–H and O–H groups in total. The number of aromatic nitrogens is 2. The van der Waals surface area contributed by atoms with Gasteiger partial charge in [-0.3, -0.25) is 25.0 Å². The number of rotatable bonds is 3. The molecule has 0 saturated carbocycles. The van der Waals surface area contributed by atoms with Gasteiger partial charge < -0.3 is 10.4 Å². The summed E-state index contributed by atoms with van der Waals surface area (Å²) in [7, 11) is 0. The van der Waals surface area contributed by atoms with Crippen LogP contribution in [-0.2, 0) is 9.59 Å². The van der Waals surface area contributed by atoms with Crippen LogP contribution in [0.1, 0.15) is 12.8 Å². The second kappa shape index (κ2) is 5.61. The number of imide groups is 1. The number of carboxylic acid groups (broad SMARTS) is 1. The van der Waals surface area contributed by atoms with Gasteiger partial charge in [-0.2, -0.15) is 4.68 Å². The number of non-ortho nitro benzene ring substituents is 1. The van der Waals surface area contributed by atoms with Gasteiger partial charge in [-0.25, -0.2) is 4.79 Å². The van der Waals surface area contributed by atoms with Crippen LogP contribution in [0.25, 0.3) is 10.9 Å². The van der Waals surface area contributed by atoms with Crippen molar-refractivity contribution in [2.75, 3.05) is 5.32 Å². The number of piperidine rings is 1. The van der Waals surface area contributed by atoms with Gasteiger partial charge in [0.05, 0.1) is 10.4 Å². The minimum Gasteiger partial charge on any atom is -0.463 e. The molecule has 0 aliphatic carbocycles. The van der Waals surface area contributed by atoms with Gasteiger partial charge in [-0.1, -0.05) is 0 Å². The average molecular weight is 333 g/mol. The van der Waals surface area contributed by atoms with Crippen LogP contribution in [0.5, 0.6) is 0 Å². The van der Waals surface area contributed by atoms with E-state index < -0.39 is 23.0 Å². The smallest absolute Gasteiger partial charge is 0.432 e. The minimum atomic E-state index is -1.42. The Hall–Kier alpha value is -3.50. The molecule has 1 aliphatic rings. The molecule has 0 bridgehead atoms. The van der Waals surface area contributed by atoms with Crippen LogP contribution in [0.15, 0.2) is 18.2 Å². The van der Waals surface area contributed by atoms with Crippen molar-refractivity contribution in [1.82, 2.24) is 15.1 Å². The Labute approximate surface area is 133 Å². The van der Waals surface area contributed by atoms with Gasteiger partial charge >= 0.3 is 6.09 Å². The number of nitro benzene ring substituents is 1. The van der Waals surface area contributed by atoms with Crippen LogP contribution >= 0.6 is 0 Å². The van der Waals surface area contributed by atoms with Crippen LogP contribution in [0.3, 0.4) is 0 Å². The Balaban J connectivity index is 2.02. The maximum Gasteiger partial charge on any atom is 0.432 e. The Morgan fingerprint density at radius 1 is 1.46 bits per heavy atom. The summed E-state index contributed by atoms with van der Waals surface area (Å²) < 4.78 is 0.594. The highest BCUT2D eigenvalue weighted by molar-refractivity contribution is 6.03. The van der Waals surface area contributed by atoms with Crippen molar-refractivity contribution in [2.45, 2.75) is 18.9 Å². The number of carbonyl (C=O) groups excluding carboxylic acids is 2. The molecule has 1 aromatic heterocycles. The number of nitrogens with zero attached hydrogens (tertiary/aromatic N) is 3. The SMILES string of the molecule is O=C1CCC(Nc2nn(C(=O)O)c3cc([N+](=O)[O-])ccc23)C(=O)N1. The second-order valence-corrected chi connectivity index (χ2v) is 5.15. The molecular weight excluding hydrogens is 322 g/mol. The van der Waals surface area contributed by atoms with Gasteiger partial charge in [0.1, 0.15) is 6.04 Å². The zero-order chi connectivity index (χ0) is 17.4. The first-order valence-corrected chi connectivity index (χ1v) is 6.87. The maximum atomic E-state index is 11.8. The molecular formula is C13H11N5O6. The first kappa shape index (κ1) is 15.4. The lowest BCUT2D eigenvalue weighted by Crippen LogP contribution is -2.47. The van der Waals surface area contributed by atoms with Crippen LogP contribution in [0, 0.1) is 10.1 Å². The molecule has 0 radical (unpaired) electrons. The van der Waals surface area contributed by atoms with Crippen molar-refractivity contribution in [2.24, 2.45) is 0 Å². The summed E-state index contributed by atoms with van der Waals surface area (Å²) in [6, 6.07) is 2.91. The molecule has 1 saturated heterocycles. The predicted octanol–water partition coefficient (Wildman–Crippen LogP) is 0.688. The van der Waals surface area contributed by atoms with E-state index in [0.717, 1.165) is 6.07 Å². The number of benzene rings is 1. The number of hydrogen-bond donors (Lipinski definition) is 3. The van der Waals surface area contributed by atoms with E-state index in [1.165, 1.54) is 12.1 Å². The lowest BCUT2D eigenvalue weighted by Gasteiger charge is -2.21. The molecule has 3 rings (SSSR count). The predicted molar refractivity (Wildman–Crippen MR) is 79.6 cm³/mol. The molecule has 124 valence electrons. The standard InChI is InChI=1S/C13H11N5O6/c19-10-4-3-8(12(20)15-10)14-11-7-2-1-6(18(23)24)5-9(7)17(16-11)13(21)22/h1-2,5,8H,3-4H2,(H,14,16)(H,21,22)(H,15,19,20). The molecule has 0 spiro atoms. The third kappa shape index (κ3) is 2.62. The number of fused-ring (bicyclic) bond motifs is 1. The molecule has 1 unspecified atom stereocenters. The van der Waals surface area contributed by atoms with Crippen LogP contribution in [0.4, 0.5) is 16.3 Å². The zero-order valence-corrected chi connectivity index (χ0v) is 12.1. The van der Waals surface area contributed by atoms with Gasteiger partial charge in [0.2, 0.25) is 11.8 Å². The quantitative estimate of drug-likeness (QED) is 0.420. The van der Waals surface area contributed by atoms with E-state index >= 15 is 0 Å². The third-order valence-electron chi connectivity index (χ3n) is 3.61. The molecule has 11 heteroatoms. The summed E-state index contributed by atoms with van der Waals surface area (Å²) in [6.07, 6.45) is -1.04. The van der Waals surface area contributed by atoms with E-state index in [1.807, 2.05) is 0 Å². The van der Waals surface area contributed by atoms with Gasteiger partial charge in [-0.15, -0.1) is 5.10 Å². The summed E-state index contributed by atoms with van der Waals surface area (Å²) in [5.41, 5.74) is -0.260. The Kier molecular flexibility index (Phi) is 3.60. The fourth-order valence-electron chi connectivity index (χ4n) is 2.47. The summed E-state index contributed by atoms with van der Waals surface area (Å²) >= 11 is 0. The Bertz CT molecular complexity index is 888. The van der Waals surface area contributed by atoms with Crippen LogP contribution < -0.4 is 10.6 Å². The Morgan fingerprint density at radius 3 is 2.83 bits per heavy atom. The van der Waals surface area contributed by atoms with Crippen LogP contribution in [0.2, 0.25) is 0 Å². The number of nitro groups is 1. The number of hydrogen-bond acceptors (Lipinski definition) is 7. The summed E-state index contributed by atoms with van der Waals surface area (Å²) in [4.78, 5) is 44.4. The monoisotopic (exact) mass is 333 g/mol. The molecule has 24 heavy (non-hydrogen) atoms. The zero-order valence-electron chi connectivity index (χ0n) is 12.1. The number of anilines is 1. The summed E-state index contributed by atoms with van der Waals surface area (Å²) in [5.74, 6) is -0.822. The second-order valence-electron chi connectivity index (χ2n) is 5.15. The largest absolute Gasteiger partial charge is 0.463 e. The van der Waals surface area contributed by atoms with E-state index in [-0.39, 0.29) is 35.8 Å². The lowest BCUT2D eigenvalue weighted by molar-refractivity contribution is -0.384. The van der Waals surface area contributed by atoms with E-state index in [2.05, 4.69) is 15.7 Å². The molecule has 11 nitrogen and oxygen atoms in total. The van der Waals surface area contributed by atoms with Crippen molar-refractivity contribution in [3.8, 4) is 0 Å². The van der Waals surface area contributed by atoms with Crippen molar-refractivity contribution >= 4 is 40.3 Å².